The van der Waals surface area contributed by atoms with Gasteiger partial charge in [-0.2, -0.15) is 5.06 Å². The molecule has 2 atom stereocenters. The first-order chi connectivity index (χ1) is 4.72. The van der Waals surface area contributed by atoms with Gasteiger partial charge in [-0.3, -0.25) is 0 Å². The molecule has 1 rings (SSSR count). The van der Waals surface area contributed by atoms with Crippen molar-refractivity contribution in [3.63, 3.8) is 0 Å². The average molecular weight is 145 g/mol. The van der Waals surface area contributed by atoms with Crippen LogP contribution in [0, 0.1) is 5.92 Å². The van der Waals surface area contributed by atoms with Gasteiger partial charge in [0.1, 0.15) is 0 Å². The third-order valence-electron chi connectivity index (χ3n) is 1.94. The van der Waals surface area contributed by atoms with Crippen LogP contribution >= 0.6 is 0 Å². The molecule has 0 aromatic carbocycles. The maximum absolute atomic E-state index is 9.13. The third-order valence-corrected chi connectivity index (χ3v) is 1.94. The van der Waals surface area contributed by atoms with Gasteiger partial charge in [-0.1, -0.05) is 6.92 Å². The van der Waals surface area contributed by atoms with Crippen molar-refractivity contribution in [2.24, 2.45) is 5.92 Å². The van der Waals surface area contributed by atoms with Gasteiger partial charge in [-0.25, -0.2) is 0 Å². The molecule has 0 aromatic rings. The van der Waals surface area contributed by atoms with E-state index in [2.05, 4.69) is 6.92 Å². The summed E-state index contributed by atoms with van der Waals surface area (Å²) < 4.78 is 5.13. The van der Waals surface area contributed by atoms with Crippen LogP contribution in [0.3, 0.4) is 0 Å². The van der Waals surface area contributed by atoms with Crippen LogP contribution in [0.2, 0.25) is 0 Å². The largest absolute Gasteiger partial charge is 0.380 e. The molecule has 0 spiro atoms. The Hall–Kier alpha value is -0.120. The molecule has 1 N–H and O–H groups in total. The third kappa shape index (κ3) is 1.94. The summed E-state index contributed by atoms with van der Waals surface area (Å²) in [6, 6.07) is 0. The van der Waals surface area contributed by atoms with Crippen LogP contribution in [0.4, 0.5) is 0 Å². The highest BCUT2D eigenvalue weighted by atomic mass is 16.5. The molecular weight excluding hydrogens is 130 g/mol. The summed E-state index contributed by atoms with van der Waals surface area (Å²) in [5.74, 6) is 0.545. The standard InChI is InChI=1S/C7H15NO2/c1-6-3-7(10-2)5-8(9)4-6/h6-7,9H,3-5H2,1-2H3. The van der Waals surface area contributed by atoms with E-state index in [0.29, 0.717) is 12.5 Å². The molecule has 0 radical (unpaired) electrons. The fourth-order valence-corrected chi connectivity index (χ4v) is 1.44. The van der Waals surface area contributed by atoms with Crippen molar-refractivity contribution in [2.75, 3.05) is 20.2 Å². The number of hydrogen-bond donors (Lipinski definition) is 1. The molecule has 1 saturated heterocycles. The van der Waals surface area contributed by atoms with Gasteiger partial charge >= 0.3 is 0 Å². The zero-order valence-corrected chi connectivity index (χ0v) is 6.58. The first kappa shape index (κ1) is 7.98. The quantitative estimate of drug-likeness (QED) is 0.590. The highest BCUT2D eigenvalue weighted by Crippen LogP contribution is 2.16. The Morgan fingerprint density at radius 2 is 2.20 bits per heavy atom. The van der Waals surface area contributed by atoms with Crippen molar-refractivity contribution in [3.05, 3.63) is 0 Å². The van der Waals surface area contributed by atoms with Gasteiger partial charge in [0.2, 0.25) is 0 Å². The second-order valence-corrected chi connectivity index (χ2v) is 3.07. The molecular formula is C7H15NO2. The Morgan fingerprint density at radius 3 is 2.70 bits per heavy atom. The zero-order valence-electron chi connectivity index (χ0n) is 6.58. The van der Waals surface area contributed by atoms with Crippen LogP contribution in [0.1, 0.15) is 13.3 Å². The highest BCUT2D eigenvalue weighted by molar-refractivity contribution is 4.72. The minimum absolute atomic E-state index is 0.216. The zero-order chi connectivity index (χ0) is 7.56. The molecule has 2 unspecified atom stereocenters. The van der Waals surface area contributed by atoms with Gasteiger partial charge in [0, 0.05) is 13.7 Å². The Balaban J connectivity index is 2.35. The van der Waals surface area contributed by atoms with Gasteiger partial charge < -0.3 is 9.94 Å². The topological polar surface area (TPSA) is 32.7 Å². The van der Waals surface area contributed by atoms with Crippen LogP contribution in [0.5, 0.6) is 0 Å². The van der Waals surface area contributed by atoms with Crippen LogP contribution in [-0.2, 0) is 4.74 Å². The van der Waals surface area contributed by atoms with Crippen LogP contribution in [0.15, 0.2) is 0 Å². The number of hydroxylamine groups is 2. The second kappa shape index (κ2) is 3.32. The van der Waals surface area contributed by atoms with E-state index in [1.165, 1.54) is 5.06 Å². The predicted octanol–water partition coefficient (Wildman–Crippen LogP) is 0.732. The van der Waals surface area contributed by atoms with Crippen molar-refractivity contribution < 1.29 is 9.94 Å². The lowest BCUT2D eigenvalue weighted by Crippen LogP contribution is -2.40. The van der Waals surface area contributed by atoms with Crippen LogP contribution in [-0.4, -0.2) is 36.6 Å². The lowest BCUT2D eigenvalue weighted by Gasteiger charge is -2.31. The van der Waals surface area contributed by atoms with Crippen molar-refractivity contribution in [1.29, 1.82) is 0 Å². The summed E-state index contributed by atoms with van der Waals surface area (Å²) in [5, 5.41) is 10.5. The SMILES string of the molecule is COC1CC(C)CN(O)C1. The number of rotatable bonds is 1. The summed E-state index contributed by atoms with van der Waals surface area (Å²) in [7, 11) is 1.69. The molecule has 0 amide bonds. The van der Waals surface area contributed by atoms with E-state index in [0.717, 1.165) is 13.0 Å². The van der Waals surface area contributed by atoms with Crippen molar-refractivity contribution >= 4 is 0 Å². The van der Waals surface area contributed by atoms with Crippen LogP contribution < -0.4 is 0 Å². The molecule has 0 aliphatic carbocycles. The van der Waals surface area contributed by atoms with Gasteiger partial charge in [-0.05, 0) is 12.3 Å². The smallest absolute Gasteiger partial charge is 0.0724 e. The number of ether oxygens (including phenoxy) is 1. The molecule has 60 valence electrons. The van der Waals surface area contributed by atoms with E-state index in [9.17, 15) is 0 Å². The highest BCUT2D eigenvalue weighted by Gasteiger charge is 2.22. The van der Waals surface area contributed by atoms with E-state index in [4.69, 9.17) is 9.94 Å². The molecule has 1 aliphatic rings. The number of piperidine rings is 1. The summed E-state index contributed by atoms with van der Waals surface area (Å²) >= 11 is 0. The first-order valence-corrected chi connectivity index (χ1v) is 3.69. The number of hydrogen-bond acceptors (Lipinski definition) is 3. The van der Waals surface area contributed by atoms with E-state index in [1.807, 2.05) is 0 Å². The molecule has 0 bridgehead atoms. The lowest BCUT2D eigenvalue weighted by atomic mass is 9.99. The molecule has 1 aliphatic heterocycles. The summed E-state index contributed by atoms with van der Waals surface area (Å²) in [4.78, 5) is 0. The van der Waals surface area contributed by atoms with Crippen LogP contribution in [0.25, 0.3) is 0 Å². The Kier molecular flexibility index (Phi) is 2.65. The molecule has 1 fully saturated rings. The van der Waals surface area contributed by atoms with E-state index in [1.54, 1.807) is 7.11 Å². The molecule has 3 heteroatoms. The van der Waals surface area contributed by atoms with Gasteiger partial charge in [0.05, 0.1) is 12.6 Å². The maximum atomic E-state index is 9.13. The summed E-state index contributed by atoms with van der Waals surface area (Å²) in [6.45, 7) is 3.55. The Labute approximate surface area is 61.5 Å². The first-order valence-electron chi connectivity index (χ1n) is 3.69. The summed E-state index contributed by atoms with van der Waals surface area (Å²) in [6.07, 6.45) is 1.28. The minimum Gasteiger partial charge on any atom is -0.380 e. The van der Waals surface area contributed by atoms with Crippen molar-refractivity contribution in [1.82, 2.24) is 5.06 Å². The Morgan fingerprint density at radius 1 is 1.50 bits per heavy atom. The molecule has 1 heterocycles. The fraction of sp³-hybridized carbons (Fsp3) is 1.00. The van der Waals surface area contributed by atoms with Gasteiger partial charge in [-0.15, -0.1) is 0 Å². The Bertz CT molecular complexity index is 97.8. The number of methoxy groups -OCH3 is 1. The maximum Gasteiger partial charge on any atom is 0.0724 e. The van der Waals surface area contributed by atoms with Gasteiger partial charge in [0.15, 0.2) is 0 Å². The monoisotopic (exact) mass is 145 g/mol. The lowest BCUT2D eigenvalue weighted by molar-refractivity contribution is -0.150. The number of nitrogens with zero attached hydrogens (tertiary/aromatic N) is 1. The second-order valence-electron chi connectivity index (χ2n) is 3.07. The van der Waals surface area contributed by atoms with E-state index in [-0.39, 0.29) is 6.10 Å². The molecule has 0 saturated carbocycles. The van der Waals surface area contributed by atoms with Crippen molar-refractivity contribution in [2.45, 2.75) is 19.4 Å². The molecule has 0 aromatic heterocycles. The predicted molar refractivity (Wildman–Crippen MR) is 37.9 cm³/mol. The van der Waals surface area contributed by atoms with Crippen molar-refractivity contribution in [3.8, 4) is 0 Å². The van der Waals surface area contributed by atoms with E-state index < -0.39 is 0 Å². The minimum atomic E-state index is 0.216. The molecule has 3 nitrogen and oxygen atoms in total. The summed E-state index contributed by atoms with van der Waals surface area (Å²) in [5.41, 5.74) is 0. The fourth-order valence-electron chi connectivity index (χ4n) is 1.44. The normalized spacial score (nSPS) is 36.3. The van der Waals surface area contributed by atoms with Gasteiger partial charge in [0.25, 0.3) is 0 Å². The average Bonchev–Trinajstić information content (AvgIpc) is 1.85. The van der Waals surface area contributed by atoms with E-state index >= 15 is 0 Å². The molecule has 10 heavy (non-hydrogen) atoms.